The van der Waals surface area contributed by atoms with Gasteiger partial charge in [0.1, 0.15) is 11.2 Å². The van der Waals surface area contributed by atoms with Crippen LogP contribution >= 0.6 is 11.3 Å². The molecule has 0 aliphatic heterocycles. The van der Waals surface area contributed by atoms with E-state index in [1.54, 1.807) is 0 Å². The quantitative estimate of drug-likeness (QED) is 0.170. The maximum atomic E-state index is 6.28. The van der Waals surface area contributed by atoms with Crippen molar-refractivity contribution in [3.05, 3.63) is 200 Å². The Kier molecular flexibility index (Phi) is 7.39. The average Bonchev–Trinajstić information content (AvgIpc) is 3.83. The van der Waals surface area contributed by atoms with E-state index in [1.807, 2.05) is 23.5 Å². The second-order valence-corrected chi connectivity index (χ2v) is 15.1. The fraction of sp³-hybridized carbons (Fsp3) is 0. The minimum Gasteiger partial charge on any atom is -0.456 e. The Hall–Kier alpha value is -6.94. The highest BCUT2D eigenvalue weighted by molar-refractivity contribution is 7.26. The van der Waals surface area contributed by atoms with Crippen LogP contribution in [0.2, 0.25) is 0 Å². The summed E-state index contributed by atoms with van der Waals surface area (Å²) in [5.74, 6) is 0. The van der Waals surface area contributed by atoms with Crippen molar-refractivity contribution in [3.63, 3.8) is 0 Å². The molecule has 0 radical (unpaired) electrons. The number of fused-ring (bicyclic) bond motifs is 7. The van der Waals surface area contributed by atoms with Crippen molar-refractivity contribution in [3.8, 4) is 33.4 Å². The van der Waals surface area contributed by atoms with Crippen LogP contribution in [0.4, 0.5) is 17.1 Å². The molecular formula is C52H33NOS. The molecule has 9 aromatic carbocycles. The molecule has 0 atom stereocenters. The minimum atomic E-state index is 0.901. The van der Waals surface area contributed by atoms with E-state index in [0.29, 0.717) is 0 Å². The first-order chi connectivity index (χ1) is 27.3. The van der Waals surface area contributed by atoms with Crippen LogP contribution in [0.15, 0.2) is 205 Å². The van der Waals surface area contributed by atoms with Gasteiger partial charge in [-0.2, -0.15) is 0 Å². The van der Waals surface area contributed by atoms with Gasteiger partial charge >= 0.3 is 0 Å². The zero-order chi connectivity index (χ0) is 36.3. The number of hydrogen-bond acceptors (Lipinski definition) is 3. The average molecular weight is 720 g/mol. The van der Waals surface area contributed by atoms with Gasteiger partial charge in [0.25, 0.3) is 0 Å². The van der Waals surface area contributed by atoms with Gasteiger partial charge in [-0.15, -0.1) is 11.3 Å². The van der Waals surface area contributed by atoms with Gasteiger partial charge in [-0.25, -0.2) is 0 Å². The molecule has 0 saturated heterocycles. The van der Waals surface area contributed by atoms with Crippen LogP contribution in [-0.4, -0.2) is 0 Å². The summed E-state index contributed by atoms with van der Waals surface area (Å²) in [4.78, 5) is 2.48. The summed E-state index contributed by atoms with van der Waals surface area (Å²) < 4.78 is 8.83. The first-order valence-corrected chi connectivity index (χ1v) is 19.5. The van der Waals surface area contributed by atoms with Gasteiger partial charge in [0, 0.05) is 37.5 Å². The van der Waals surface area contributed by atoms with Crippen LogP contribution < -0.4 is 4.90 Å². The molecule has 2 aromatic heterocycles. The number of thiophene rings is 1. The van der Waals surface area contributed by atoms with Crippen molar-refractivity contribution in [2.75, 3.05) is 4.90 Å². The molecule has 0 N–H and O–H groups in total. The molecule has 0 spiro atoms. The zero-order valence-electron chi connectivity index (χ0n) is 29.8. The third kappa shape index (κ3) is 5.24. The Morgan fingerprint density at radius 1 is 0.382 bits per heavy atom. The monoisotopic (exact) mass is 719 g/mol. The number of hydrogen-bond donors (Lipinski definition) is 0. The highest BCUT2D eigenvalue weighted by Gasteiger charge is 2.23. The first kappa shape index (κ1) is 31.6. The summed E-state index contributed by atoms with van der Waals surface area (Å²) in [7, 11) is 0. The smallest absolute Gasteiger partial charge is 0.136 e. The number of benzene rings is 9. The Balaban J connectivity index is 1.17. The lowest BCUT2D eigenvalue weighted by Gasteiger charge is -2.29. The van der Waals surface area contributed by atoms with Gasteiger partial charge in [-0.1, -0.05) is 158 Å². The van der Waals surface area contributed by atoms with Crippen LogP contribution in [0, 0.1) is 0 Å². The SMILES string of the molecule is c1ccc(-c2ccc(-c3cccc4ccccc34)cc2N(c2ccc(-c3cccc4oc5ccccc5c34)cc2)c2cccc3c2sc2ccccc23)cc1. The van der Waals surface area contributed by atoms with Crippen molar-refractivity contribution in [2.24, 2.45) is 0 Å². The van der Waals surface area contributed by atoms with Crippen LogP contribution in [0.1, 0.15) is 0 Å². The minimum absolute atomic E-state index is 0.901. The number of anilines is 3. The van der Waals surface area contributed by atoms with E-state index >= 15 is 0 Å². The van der Waals surface area contributed by atoms with Crippen LogP contribution in [-0.2, 0) is 0 Å². The number of rotatable bonds is 6. The fourth-order valence-electron chi connectivity index (χ4n) is 8.34. The highest BCUT2D eigenvalue weighted by atomic mass is 32.1. The normalized spacial score (nSPS) is 11.6. The molecule has 11 rings (SSSR count). The van der Waals surface area contributed by atoms with Gasteiger partial charge < -0.3 is 9.32 Å². The van der Waals surface area contributed by atoms with Gasteiger partial charge in [0.2, 0.25) is 0 Å². The highest BCUT2D eigenvalue weighted by Crippen LogP contribution is 2.49. The van der Waals surface area contributed by atoms with Crippen LogP contribution in [0.3, 0.4) is 0 Å². The lowest BCUT2D eigenvalue weighted by atomic mass is 9.94. The predicted molar refractivity (Wildman–Crippen MR) is 235 cm³/mol. The maximum Gasteiger partial charge on any atom is 0.136 e. The van der Waals surface area contributed by atoms with Crippen molar-refractivity contribution in [2.45, 2.75) is 0 Å². The van der Waals surface area contributed by atoms with Crippen LogP contribution in [0.5, 0.6) is 0 Å². The van der Waals surface area contributed by atoms with Crippen molar-refractivity contribution in [1.82, 2.24) is 0 Å². The molecule has 0 fully saturated rings. The molecule has 0 aliphatic carbocycles. The molecule has 55 heavy (non-hydrogen) atoms. The Morgan fingerprint density at radius 2 is 1.02 bits per heavy atom. The Bertz CT molecular complexity index is 3200. The summed E-state index contributed by atoms with van der Waals surface area (Å²) >= 11 is 1.86. The molecule has 258 valence electrons. The van der Waals surface area contributed by atoms with Gasteiger partial charge in [-0.05, 0) is 81.1 Å². The van der Waals surface area contributed by atoms with Crippen molar-refractivity contribution in [1.29, 1.82) is 0 Å². The van der Waals surface area contributed by atoms with E-state index in [2.05, 4.69) is 193 Å². The van der Waals surface area contributed by atoms with Crippen molar-refractivity contribution < 1.29 is 4.42 Å². The summed E-state index contributed by atoms with van der Waals surface area (Å²) in [5.41, 5.74) is 12.2. The summed E-state index contributed by atoms with van der Waals surface area (Å²) in [5, 5.41) is 7.31. The zero-order valence-corrected chi connectivity index (χ0v) is 30.6. The molecule has 3 heteroatoms. The lowest BCUT2D eigenvalue weighted by Crippen LogP contribution is -2.11. The van der Waals surface area contributed by atoms with E-state index in [0.717, 1.165) is 50.1 Å². The maximum absolute atomic E-state index is 6.28. The number of para-hydroxylation sites is 1. The second-order valence-electron chi connectivity index (χ2n) is 14.0. The van der Waals surface area contributed by atoms with Crippen LogP contribution in [0.25, 0.3) is 86.3 Å². The predicted octanol–water partition coefficient (Wildman–Crippen LogP) is 15.6. The first-order valence-electron chi connectivity index (χ1n) is 18.7. The number of furan rings is 1. The van der Waals surface area contributed by atoms with Gasteiger partial charge in [0.05, 0.1) is 16.1 Å². The lowest BCUT2D eigenvalue weighted by molar-refractivity contribution is 0.669. The van der Waals surface area contributed by atoms with Gasteiger partial charge in [-0.3, -0.25) is 0 Å². The molecule has 0 saturated carbocycles. The summed E-state index contributed by atoms with van der Waals surface area (Å²) in [6, 6.07) is 72.3. The summed E-state index contributed by atoms with van der Waals surface area (Å²) in [6.07, 6.45) is 0. The Morgan fingerprint density at radius 3 is 1.91 bits per heavy atom. The van der Waals surface area contributed by atoms with E-state index in [1.165, 1.54) is 53.2 Å². The standard InChI is InChI=1S/C52H33NOS/c1-2-13-35(14-3-1)41-32-29-37(40-20-10-16-34-15-4-5-17-39(34)40)33-47(41)53(46-23-11-22-44-43-18-7-9-26-50(43)55-52(44)46)38-30-27-36(28-31-38)42-21-12-25-49-51(42)45-19-6-8-24-48(45)54-49/h1-33H. The molecule has 0 bridgehead atoms. The molecule has 0 aliphatic rings. The largest absolute Gasteiger partial charge is 0.456 e. The topological polar surface area (TPSA) is 16.4 Å². The third-order valence-electron chi connectivity index (χ3n) is 10.9. The third-order valence-corrected chi connectivity index (χ3v) is 12.1. The Labute approximate surface area is 322 Å². The number of nitrogens with zero attached hydrogens (tertiary/aromatic N) is 1. The molecular weight excluding hydrogens is 687 g/mol. The fourth-order valence-corrected chi connectivity index (χ4v) is 9.55. The van der Waals surface area contributed by atoms with E-state index in [-0.39, 0.29) is 0 Å². The second kappa shape index (κ2) is 12.9. The summed E-state index contributed by atoms with van der Waals surface area (Å²) in [6.45, 7) is 0. The molecule has 2 heterocycles. The molecule has 2 nitrogen and oxygen atoms in total. The molecule has 0 amide bonds. The molecule has 0 unspecified atom stereocenters. The molecule has 11 aromatic rings. The van der Waals surface area contributed by atoms with Gasteiger partial charge in [0.15, 0.2) is 0 Å². The van der Waals surface area contributed by atoms with E-state index in [4.69, 9.17) is 4.42 Å². The van der Waals surface area contributed by atoms with E-state index < -0.39 is 0 Å². The van der Waals surface area contributed by atoms with Crippen molar-refractivity contribution >= 4 is 81.3 Å². The van der Waals surface area contributed by atoms with E-state index in [9.17, 15) is 0 Å².